The molecule has 31 heavy (non-hydrogen) atoms. The number of aromatic nitrogens is 2. The Morgan fingerprint density at radius 3 is 2.42 bits per heavy atom. The van der Waals surface area contributed by atoms with Gasteiger partial charge in [-0.3, -0.25) is 9.48 Å². The van der Waals surface area contributed by atoms with E-state index in [1.54, 1.807) is 0 Å². The Bertz CT molecular complexity index is 892. The van der Waals surface area contributed by atoms with E-state index in [0.29, 0.717) is 19.7 Å². The molecule has 0 radical (unpaired) electrons. The van der Waals surface area contributed by atoms with Crippen molar-refractivity contribution in [2.45, 2.75) is 44.7 Å². The van der Waals surface area contributed by atoms with Crippen molar-refractivity contribution in [2.75, 3.05) is 13.2 Å². The Morgan fingerprint density at radius 2 is 1.87 bits per heavy atom. The third-order valence-electron chi connectivity index (χ3n) is 4.30. The highest BCUT2D eigenvalue weighted by Crippen LogP contribution is 2.25. The second-order valence-corrected chi connectivity index (χ2v) is 7.40. The fourth-order valence-corrected chi connectivity index (χ4v) is 2.74. The summed E-state index contributed by atoms with van der Waals surface area (Å²) >= 11 is 0. The average Bonchev–Trinajstić information content (AvgIpc) is 3.08. The van der Waals surface area contributed by atoms with E-state index in [-0.39, 0.29) is 6.10 Å². The summed E-state index contributed by atoms with van der Waals surface area (Å²) in [5.41, 5.74) is 1.81. The minimum Gasteiger partial charge on any atom is -0.475 e. The molecule has 0 spiro atoms. The molecule has 8 nitrogen and oxygen atoms in total. The first-order valence-corrected chi connectivity index (χ1v) is 9.40. The standard InChI is InChI=1S/C18H23N3O3.C2HF3O2/c1-18(2,23)17(22)19-10-15-16-14(8-9-24-15)12-21(20-16)11-13-6-4-3-5-7-13;3-2(4,5)1(6)7/h3-7,12,15,23H,8-11H2,1-2H3,(H,19,22);(H,6,7). The van der Waals surface area contributed by atoms with Gasteiger partial charge in [0.05, 0.1) is 18.8 Å². The zero-order valence-corrected chi connectivity index (χ0v) is 17.0. The van der Waals surface area contributed by atoms with Crippen LogP contribution in [0.3, 0.4) is 0 Å². The minimum atomic E-state index is -5.08. The zero-order valence-electron chi connectivity index (χ0n) is 17.0. The van der Waals surface area contributed by atoms with E-state index < -0.39 is 23.7 Å². The van der Waals surface area contributed by atoms with Crippen LogP contribution in [0.2, 0.25) is 0 Å². The summed E-state index contributed by atoms with van der Waals surface area (Å²) in [6.45, 7) is 4.54. The molecule has 2 aromatic rings. The molecule has 0 saturated carbocycles. The Morgan fingerprint density at radius 1 is 1.26 bits per heavy atom. The van der Waals surface area contributed by atoms with Gasteiger partial charge in [-0.05, 0) is 31.4 Å². The van der Waals surface area contributed by atoms with Gasteiger partial charge < -0.3 is 20.3 Å². The summed E-state index contributed by atoms with van der Waals surface area (Å²) in [6.07, 6.45) is -2.49. The van der Waals surface area contributed by atoms with E-state index in [4.69, 9.17) is 14.6 Å². The van der Waals surface area contributed by atoms with Gasteiger partial charge in [-0.1, -0.05) is 30.3 Å². The average molecular weight is 443 g/mol. The smallest absolute Gasteiger partial charge is 0.475 e. The number of amides is 1. The molecular formula is C20H24F3N3O5. The van der Waals surface area contributed by atoms with Gasteiger partial charge in [-0.25, -0.2) is 4.79 Å². The summed E-state index contributed by atoms with van der Waals surface area (Å²) in [4.78, 5) is 20.7. The number of hydrogen-bond acceptors (Lipinski definition) is 5. The molecule has 1 aromatic carbocycles. The van der Waals surface area contributed by atoms with Crippen LogP contribution in [0.25, 0.3) is 0 Å². The van der Waals surface area contributed by atoms with Crippen molar-refractivity contribution in [1.82, 2.24) is 15.1 Å². The van der Waals surface area contributed by atoms with Crippen LogP contribution in [0.1, 0.15) is 36.8 Å². The Labute approximate surface area is 176 Å². The number of carboxylic acid groups (broad SMARTS) is 1. The number of halogens is 3. The molecule has 2 heterocycles. The van der Waals surface area contributed by atoms with Crippen molar-refractivity contribution in [3.05, 3.63) is 53.3 Å². The molecule has 1 aliphatic heterocycles. The topological polar surface area (TPSA) is 114 Å². The van der Waals surface area contributed by atoms with Crippen LogP contribution in [0.15, 0.2) is 36.5 Å². The molecule has 170 valence electrons. The highest BCUT2D eigenvalue weighted by molar-refractivity contribution is 5.83. The highest BCUT2D eigenvalue weighted by Gasteiger charge is 2.38. The number of rotatable bonds is 5. The van der Waals surface area contributed by atoms with Crippen LogP contribution in [0, 0.1) is 0 Å². The number of nitrogens with zero attached hydrogens (tertiary/aromatic N) is 2. The largest absolute Gasteiger partial charge is 0.490 e. The Balaban J connectivity index is 0.000000423. The van der Waals surface area contributed by atoms with Gasteiger partial charge in [0.15, 0.2) is 0 Å². The highest BCUT2D eigenvalue weighted by atomic mass is 19.4. The number of benzene rings is 1. The molecule has 11 heteroatoms. The van der Waals surface area contributed by atoms with E-state index in [1.807, 2.05) is 22.9 Å². The van der Waals surface area contributed by atoms with E-state index in [0.717, 1.165) is 17.7 Å². The summed E-state index contributed by atoms with van der Waals surface area (Å²) in [7, 11) is 0. The molecule has 1 aliphatic rings. The number of carbonyl (C=O) groups excluding carboxylic acids is 1. The maximum atomic E-state index is 11.8. The lowest BCUT2D eigenvalue weighted by atomic mass is 10.1. The van der Waals surface area contributed by atoms with E-state index in [2.05, 4.69) is 28.7 Å². The maximum absolute atomic E-state index is 11.8. The predicted molar refractivity (Wildman–Crippen MR) is 103 cm³/mol. The lowest BCUT2D eigenvalue weighted by Crippen LogP contribution is -2.44. The molecule has 1 unspecified atom stereocenters. The molecular weight excluding hydrogens is 419 g/mol. The predicted octanol–water partition coefficient (Wildman–Crippen LogP) is 2.07. The van der Waals surface area contributed by atoms with Crippen molar-refractivity contribution >= 4 is 11.9 Å². The number of aliphatic carboxylic acids is 1. The first-order valence-electron chi connectivity index (χ1n) is 9.40. The Kier molecular flexibility index (Phi) is 7.80. The quantitative estimate of drug-likeness (QED) is 0.652. The third-order valence-corrected chi connectivity index (χ3v) is 4.30. The van der Waals surface area contributed by atoms with Gasteiger partial charge in [0.1, 0.15) is 11.7 Å². The van der Waals surface area contributed by atoms with E-state index in [9.17, 15) is 23.1 Å². The van der Waals surface area contributed by atoms with Crippen molar-refractivity contribution in [1.29, 1.82) is 0 Å². The van der Waals surface area contributed by atoms with Crippen LogP contribution >= 0.6 is 0 Å². The molecule has 1 atom stereocenters. The number of nitrogens with one attached hydrogen (secondary N) is 1. The van der Waals surface area contributed by atoms with Crippen LogP contribution in [-0.2, 0) is 27.3 Å². The third kappa shape index (κ3) is 7.37. The van der Waals surface area contributed by atoms with Crippen LogP contribution in [0.5, 0.6) is 0 Å². The van der Waals surface area contributed by atoms with E-state index in [1.165, 1.54) is 19.4 Å². The van der Waals surface area contributed by atoms with Crippen molar-refractivity contribution in [2.24, 2.45) is 0 Å². The summed E-state index contributed by atoms with van der Waals surface area (Å²) in [5.74, 6) is -3.17. The fourth-order valence-electron chi connectivity index (χ4n) is 2.74. The van der Waals surface area contributed by atoms with Crippen molar-refractivity contribution in [3.8, 4) is 0 Å². The number of carbonyl (C=O) groups is 2. The molecule has 1 aromatic heterocycles. The fraction of sp³-hybridized carbons (Fsp3) is 0.450. The zero-order chi connectivity index (χ0) is 23.2. The number of aliphatic hydroxyl groups is 1. The molecule has 3 rings (SSSR count). The van der Waals surface area contributed by atoms with Gasteiger partial charge in [0, 0.05) is 12.7 Å². The lowest BCUT2D eigenvalue weighted by molar-refractivity contribution is -0.192. The van der Waals surface area contributed by atoms with Gasteiger partial charge in [0.2, 0.25) is 0 Å². The molecule has 3 N–H and O–H groups in total. The molecule has 0 saturated heterocycles. The lowest BCUT2D eigenvalue weighted by Gasteiger charge is -2.24. The van der Waals surface area contributed by atoms with Gasteiger partial charge in [-0.15, -0.1) is 0 Å². The van der Waals surface area contributed by atoms with Crippen LogP contribution < -0.4 is 5.32 Å². The van der Waals surface area contributed by atoms with Gasteiger partial charge in [-0.2, -0.15) is 18.3 Å². The normalized spacial score (nSPS) is 16.0. The summed E-state index contributed by atoms with van der Waals surface area (Å²) in [5, 5.41) is 24.2. The summed E-state index contributed by atoms with van der Waals surface area (Å²) in [6, 6.07) is 10.1. The first-order chi connectivity index (χ1) is 14.4. The molecule has 1 amide bonds. The van der Waals surface area contributed by atoms with Crippen molar-refractivity contribution in [3.63, 3.8) is 0 Å². The molecule has 0 aliphatic carbocycles. The Hall–Kier alpha value is -2.92. The van der Waals surface area contributed by atoms with Gasteiger partial charge in [0.25, 0.3) is 5.91 Å². The van der Waals surface area contributed by atoms with E-state index >= 15 is 0 Å². The number of alkyl halides is 3. The van der Waals surface area contributed by atoms with Gasteiger partial charge >= 0.3 is 12.1 Å². The number of carboxylic acids is 1. The minimum absolute atomic E-state index is 0.280. The maximum Gasteiger partial charge on any atom is 0.490 e. The second kappa shape index (κ2) is 9.92. The number of fused-ring (bicyclic) bond motifs is 1. The number of hydrogen-bond donors (Lipinski definition) is 3. The number of ether oxygens (including phenoxy) is 1. The second-order valence-electron chi connectivity index (χ2n) is 7.40. The molecule has 0 bridgehead atoms. The van der Waals surface area contributed by atoms with Crippen molar-refractivity contribution < 1.29 is 37.7 Å². The first kappa shape index (κ1) is 24.4. The van der Waals surface area contributed by atoms with Crippen LogP contribution in [-0.4, -0.2) is 56.8 Å². The monoisotopic (exact) mass is 443 g/mol. The van der Waals surface area contributed by atoms with Crippen LogP contribution in [0.4, 0.5) is 13.2 Å². The summed E-state index contributed by atoms with van der Waals surface area (Å²) < 4.78 is 39.4. The molecule has 0 fully saturated rings. The SMILES string of the molecule is CC(C)(O)C(=O)NCC1OCCc2cn(Cc3ccccc3)nc21.O=C(O)C(F)(F)F.